The van der Waals surface area contributed by atoms with E-state index in [0.29, 0.717) is 42.6 Å². The number of aliphatic hydroxyl groups excluding tert-OH is 2. The molecule has 0 aromatic rings. The van der Waals surface area contributed by atoms with E-state index in [0.717, 1.165) is 24.2 Å². The molecule has 0 spiro atoms. The molecule has 0 aromatic heterocycles. The molecular weight excluding hydrogens is 396 g/mol. The largest absolute Gasteiger partial charge is 0.393 e. The molecule has 3 rings (SSSR count). The summed E-state index contributed by atoms with van der Waals surface area (Å²) < 4.78 is 5.96. The summed E-state index contributed by atoms with van der Waals surface area (Å²) in [5.74, 6) is 8.24. The summed E-state index contributed by atoms with van der Waals surface area (Å²) in [5.41, 5.74) is 3.67. The maximum absolute atomic E-state index is 10.1. The van der Waals surface area contributed by atoms with Crippen LogP contribution >= 0.6 is 0 Å². The molecule has 3 nitrogen and oxygen atoms in total. The van der Waals surface area contributed by atoms with Crippen molar-refractivity contribution in [1.82, 2.24) is 0 Å². The highest BCUT2D eigenvalue weighted by Gasteiger charge is 2.50. The zero-order valence-electron chi connectivity index (χ0n) is 20.9. The molecule has 32 heavy (non-hydrogen) atoms. The summed E-state index contributed by atoms with van der Waals surface area (Å²) in [4.78, 5) is 0. The topological polar surface area (TPSA) is 49.7 Å². The lowest BCUT2D eigenvalue weighted by Gasteiger charge is -2.44. The van der Waals surface area contributed by atoms with Crippen molar-refractivity contribution in [2.45, 2.75) is 91.8 Å². The van der Waals surface area contributed by atoms with Crippen molar-refractivity contribution >= 4 is 0 Å². The number of hydrogen-bond acceptors (Lipinski definition) is 3. The van der Waals surface area contributed by atoms with Crippen molar-refractivity contribution in [2.24, 2.45) is 28.6 Å². The van der Waals surface area contributed by atoms with Gasteiger partial charge in [0.25, 0.3) is 0 Å². The minimum Gasteiger partial charge on any atom is -0.393 e. The quantitative estimate of drug-likeness (QED) is 0.418. The minimum absolute atomic E-state index is 0.0292. The fraction of sp³-hybridized carbons (Fsp3) is 0.724. The molecule has 2 N–H and O–H groups in total. The molecule has 178 valence electrons. The van der Waals surface area contributed by atoms with Gasteiger partial charge < -0.3 is 14.9 Å². The fourth-order valence-corrected chi connectivity index (χ4v) is 6.39. The summed E-state index contributed by atoms with van der Waals surface area (Å²) in [6.07, 6.45) is 10.5. The van der Waals surface area contributed by atoms with Gasteiger partial charge in [-0.2, -0.15) is 0 Å². The Morgan fingerprint density at radius 3 is 2.72 bits per heavy atom. The first-order chi connectivity index (χ1) is 15.0. The van der Waals surface area contributed by atoms with E-state index in [1.54, 1.807) is 5.57 Å². The average molecular weight is 441 g/mol. The minimum atomic E-state index is -0.621. The molecule has 3 aliphatic carbocycles. The number of hydrogen-bond donors (Lipinski definition) is 2. The van der Waals surface area contributed by atoms with Gasteiger partial charge >= 0.3 is 0 Å². The van der Waals surface area contributed by atoms with E-state index < -0.39 is 12.2 Å². The molecule has 0 heterocycles. The van der Waals surface area contributed by atoms with Gasteiger partial charge in [0.15, 0.2) is 0 Å². The van der Waals surface area contributed by atoms with Gasteiger partial charge in [-0.1, -0.05) is 50.0 Å². The molecule has 0 radical (unpaired) electrons. The van der Waals surface area contributed by atoms with Crippen LogP contribution in [0.3, 0.4) is 0 Å². The summed E-state index contributed by atoms with van der Waals surface area (Å²) in [6, 6.07) is 0. The van der Waals surface area contributed by atoms with E-state index in [2.05, 4.69) is 65.2 Å². The fourth-order valence-electron chi connectivity index (χ4n) is 6.39. The third-order valence-corrected chi connectivity index (χ3v) is 8.01. The first kappa shape index (κ1) is 25.3. The summed E-state index contributed by atoms with van der Waals surface area (Å²) >= 11 is 0. The zero-order valence-corrected chi connectivity index (χ0v) is 20.9. The lowest BCUT2D eigenvalue weighted by molar-refractivity contribution is 0.0443. The number of allylic oxidation sites excluding steroid dienone is 3. The maximum Gasteiger partial charge on any atom is 0.107 e. The Balaban J connectivity index is 1.65. The highest BCUT2D eigenvalue weighted by molar-refractivity contribution is 5.38. The molecule has 0 bridgehead atoms. The first-order valence-electron chi connectivity index (χ1n) is 12.5. The highest BCUT2D eigenvalue weighted by Crippen LogP contribution is 2.59. The molecule has 3 saturated carbocycles. The maximum atomic E-state index is 10.1. The monoisotopic (exact) mass is 440 g/mol. The molecular formula is C29H44O3. The number of rotatable bonds is 5. The van der Waals surface area contributed by atoms with Gasteiger partial charge in [-0.05, 0) is 93.6 Å². The van der Waals surface area contributed by atoms with Gasteiger partial charge in [-0.15, -0.1) is 0 Å². The summed E-state index contributed by atoms with van der Waals surface area (Å²) in [7, 11) is 0. The van der Waals surface area contributed by atoms with Gasteiger partial charge in [-0.3, -0.25) is 0 Å². The molecule has 3 heteroatoms. The van der Waals surface area contributed by atoms with Crippen molar-refractivity contribution in [3.05, 3.63) is 35.5 Å². The van der Waals surface area contributed by atoms with Crippen LogP contribution in [-0.2, 0) is 4.74 Å². The Kier molecular flexibility index (Phi) is 8.13. The standard InChI is InChI=1S/C29H44O3/c1-20(19-32-16-8-14-28(3,4)5)25-12-13-26-22(9-7-15-29(25,26)6)10-11-23-17-24(30)18-27(31)21(23)2/h10-11,20,24-27,30-31H,2,7,9,12-13,15-19H2,1,3-6H3/b22-10-,23-11+/t20-,24-,25-,26+,27+,29-/m1/s1. The van der Waals surface area contributed by atoms with E-state index in [1.807, 2.05) is 0 Å². The van der Waals surface area contributed by atoms with Crippen molar-refractivity contribution in [3.63, 3.8) is 0 Å². The number of ether oxygens (including phenoxy) is 1. The van der Waals surface area contributed by atoms with Crippen molar-refractivity contribution in [2.75, 3.05) is 13.2 Å². The SMILES string of the molecule is C=C1/C(=C/C=C2/CCC[C@]3(C)[C@@H]([C@H](C)COCC#CC(C)(C)C)CC[C@@H]23)C[C@@H](O)C[C@@H]1O. The van der Waals surface area contributed by atoms with Crippen LogP contribution in [0, 0.1) is 40.4 Å². The predicted octanol–water partition coefficient (Wildman–Crippen LogP) is 5.83. The van der Waals surface area contributed by atoms with E-state index in [4.69, 9.17) is 4.74 Å². The van der Waals surface area contributed by atoms with E-state index >= 15 is 0 Å². The van der Waals surface area contributed by atoms with Gasteiger partial charge in [-0.25, -0.2) is 0 Å². The van der Waals surface area contributed by atoms with Gasteiger partial charge in [0.05, 0.1) is 18.8 Å². The first-order valence-corrected chi connectivity index (χ1v) is 12.5. The van der Waals surface area contributed by atoms with Crippen molar-refractivity contribution in [1.29, 1.82) is 0 Å². The van der Waals surface area contributed by atoms with Gasteiger partial charge in [0, 0.05) is 11.8 Å². The van der Waals surface area contributed by atoms with Crippen molar-refractivity contribution < 1.29 is 14.9 Å². The van der Waals surface area contributed by atoms with E-state index in [9.17, 15) is 10.2 Å². The lowest BCUT2D eigenvalue weighted by atomic mass is 9.61. The van der Waals surface area contributed by atoms with Crippen LogP contribution in [0.2, 0.25) is 0 Å². The van der Waals surface area contributed by atoms with Crippen molar-refractivity contribution in [3.8, 4) is 11.8 Å². The Hall–Kier alpha value is -1.34. The third kappa shape index (κ3) is 5.96. The predicted molar refractivity (Wildman–Crippen MR) is 132 cm³/mol. The Morgan fingerprint density at radius 1 is 1.25 bits per heavy atom. The van der Waals surface area contributed by atoms with Crippen LogP contribution in [-0.4, -0.2) is 35.6 Å². The number of fused-ring (bicyclic) bond motifs is 1. The molecule has 0 aromatic carbocycles. The molecule has 3 fully saturated rings. The lowest BCUT2D eigenvalue weighted by Crippen LogP contribution is -2.37. The Morgan fingerprint density at radius 2 is 2.00 bits per heavy atom. The second-order valence-corrected chi connectivity index (χ2v) is 11.7. The van der Waals surface area contributed by atoms with Crippen LogP contribution in [0.1, 0.15) is 79.6 Å². The summed E-state index contributed by atoms with van der Waals surface area (Å²) in [6.45, 7) is 16.6. The highest BCUT2D eigenvalue weighted by atomic mass is 16.5. The molecule has 3 aliphatic rings. The molecule has 0 aliphatic heterocycles. The second kappa shape index (κ2) is 10.3. The molecule has 6 atom stereocenters. The third-order valence-electron chi connectivity index (χ3n) is 8.01. The smallest absolute Gasteiger partial charge is 0.107 e. The number of aliphatic hydroxyl groups is 2. The van der Waals surface area contributed by atoms with Crippen LogP contribution in [0.5, 0.6) is 0 Å². The van der Waals surface area contributed by atoms with Crippen LogP contribution in [0.25, 0.3) is 0 Å². The van der Waals surface area contributed by atoms with Crippen LogP contribution in [0.15, 0.2) is 35.5 Å². The Labute approximate surface area is 196 Å². The molecule has 0 unspecified atom stereocenters. The molecule has 0 amide bonds. The van der Waals surface area contributed by atoms with E-state index in [1.165, 1.54) is 25.7 Å². The Bertz CT molecular complexity index is 802. The van der Waals surface area contributed by atoms with E-state index in [-0.39, 0.29) is 5.41 Å². The van der Waals surface area contributed by atoms with Gasteiger partial charge in [0.2, 0.25) is 0 Å². The second-order valence-electron chi connectivity index (χ2n) is 11.7. The van der Waals surface area contributed by atoms with Crippen LogP contribution in [0.4, 0.5) is 0 Å². The molecule has 0 saturated heterocycles. The summed E-state index contributed by atoms with van der Waals surface area (Å²) in [5, 5.41) is 20.2. The normalized spacial score (nSPS) is 36.7. The zero-order chi connectivity index (χ0) is 23.5. The van der Waals surface area contributed by atoms with Gasteiger partial charge in [0.1, 0.15) is 6.61 Å². The average Bonchev–Trinajstić information content (AvgIpc) is 3.06. The van der Waals surface area contributed by atoms with Crippen LogP contribution < -0.4 is 0 Å².